The molecular weight excluding hydrogens is 152 g/mol. The summed E-state index contributed by atoms with van der Waals surface area (Å²) in [6.45, 7) is 2.32. The van der Waals surface area contributed by atoms with Crippen molar-refractivity contribution in [3.63, 3.8) is 0 Å². The fraction of sp³-hybridized carbons (Fsp3) is 1.00. The van der Waals surface area contributed by atoms with Crippen LogP contribution < -0.4 is 0 Å². The quantitative estimate of drug-likeness (QED) is 0.678. The Bertz CT molecular complexity index is 123. The number of aliphatic hydroxyl groups excluding tert-OH is 2. The Kier molecular flexibility index (Phi) is 4.02. The van der Waals surface area contributed by atoms with Gasteiger partial charge in [0.15, 0.2) is 0 Å². The van der Waals surface area contributed by atoms with Crippen molar-refractivity contribution in [1.82, 2.24) is 0 Å². The zero-order valence-electron chi connectivity index (χ0n) is 7.87. The van der Waals surface area contributed by atoms with Crippen LogP contribution in [0.3, 0.4) is 0 Å². The SMILES string of the molecule is CCCC1CCCC(O)C1CO. The lowest BCUT2D eigenvalue weighted by Crippen LogP contribution is -2.34. The summed E-state index contributed by atoms with van der Waals surface area (Å²) in [5.74, 6) is 0.711. The van der Waals surface area contributed by atoms with Crippen LogP contribution in [0.15, 0.2) is 0 Å². The van der Waals surface area contributed by atoms with Crippen molar-refractivity contribution in [2.75, 3.05) is 6.61 Å². The number of hydrogen-bond donors (Lipinski definition) is 2. The minimum atomic E-state index is -0.250. The van der Waals surface area contributed by atoms with Crippen molar-refractivity contribution < 1.29 is 10.2 Å². The van der Waals surface area contributed by atoms with Crippen LogP contribution >= 0.6 is 0 Å². The lowest BCUT2D eigenvalue weighted by molar-refractivity contribution is -0.00221. The first-order valence-electron chi connectivity index (χ1n) is 5.08. The minimum absolute atomic E-state index is 0.152. The van der Waals surface area contributed by atoms with Gasteiger partial charge in [0.1, 0.15) is 0 Å². The van der Waals surface area contributed by atoms with Gasteiger partial charge in [0, 0.05) is 12.5 Å². The normalized spacial score (nSPS) is 36.8. The van der Waals surface area contributed by atoms with Crippen LogP contribution in [0.5, 0.6) is 0 Å². The average molecular weight is 172 g/mol. The molecule has 2 nitrogen and oxygen atoms in total. The Labute approximate surface area is 74.6 Å². The Morgan fingerprint density at radius 2 is 2.08 bits per heavy atom. The molecule has 3 atom stereocenters. The highest BCUT2D eigenvalue weighted by atomic mass is 16.3. The van der Waals surface area contributed by atoms with Crippen LogP contribution in [0.2, 0.25) is 0 Å². The number of rotatable bonds is 3. The van der Waals surface area contributed by atoms with Crippen LogP contribution in [-0.2, 0) is 0 Å². The molecule has 0 aromatic carbocycles. The minimum Gasteiger partial charge on any atom is -0.396 e. The Balaban J connectivity index is 2.45. The standard InChI is InChI=1S/C10H20O2/c1-2-4-8-5-3-6-10(12)9(8)7-11/h8-12H,2-7H2,1H3. The Morgan fingerprint density at radius 3 is 2.67 bits per heavy atom. The van der Waals surface area contributed by atoms with Gasteiger partial charge >= 0.3 is 0 Å². The molecule has 1 saturated carbocycles. The molecule has 0 aliphatic heterocycles. The van der Waals surface area contributed by atoms with Gasteiger partial charge in [0.2, 0.25) is 0 Å². The van der Waals surface area contributed by atoms with E-state index in [0.717, 1.165) is 25.7 Å². The van der Waals surface area contributed by atoms with Crippen LogP contribution in [0, 0.1) is 11.8 Å². The van der Waals surface area contributed by atoms with E-state index in [1.54, 1.807) is 0 Å². The smallest absolute Gasteiger partial charge is 0.0593 e. The molecule has 12 heavy (non-hydrogen) atoms. The molecular formula is C10H20O2. The Morgan fingerprint density at radius 1 is 1.33 bits per heavy atom. The van der Waals surface area contributed by atoms with Crippen molar-refractivity contribution in [2.24, 2.45) is 11.8 Å². The van der Waals surface area contributed by atoms with Crippen LogP contribution in [0.25, 0.3) is 0 Å². The zero-order chi connectivity index (χ0) is 8.97. The van der Waals surface area contributed by atoms with Gasteiger partial charge in [-0.2, -0.15) is 0 Å². The van der Waals surface area contributed by atoms with E-state index >= 15 is 0 Å². The lowest BCUT2D eigenvalue weighted by Gasteiger charge is -2.34. The molecule has 0 spiro atoms. The molecule has 3 unspecified atom stereocenters. The molecule has 1 rings (SSSR count). The van der Waals surface area contributed by atoms with E-state index in [1.807, 2.05) is 0 Å². The van der Waals surface area contributed by atoms with Crippen LogP contribution in [0.1, 0.15) is 39.0 Å². The molecule has 1 aliphatic rings. The molecule has 0 radical (unpaired) electrons. The second kappa shape index (κ2) is 4.83. The van der Waals surface area contributed by atoms with Crippen LogP contribution in [0.4, 0.5) is 0 Å². The van der Waals surface area contributed by atoms with E-state index in [-0.39, 0.29) is 18.6 Å². The van der Waals surface area contributed by atoms with Crippen molar-refractivity contribution in [3.05, 3.63) is 0 Å². The highest BCUT2D eigenvalue weighted by molar-refractivity contribution is 4.81. The molecule has 0 aromatic rings. The fourth-order valence-corrected chi connectivity index (χ4v) is 2.33. The van der Waals surface area contributed by atoms with E-state index in [1.165, 1.54) is 6.42 Å². The first-order valence-corrected chi connectivity index (χ1v) is 5.08. The maximum absolute atomic E-state index is 9.61. The summed E-state index contributed by atoms with van der Waals surface area (Å²) in [4.78, 5) is 0. The van der Waals surface area contributed by atoms with Gasteiger partial charge in [-0.05, 0) is 18.8 Å². The molecule has 2 heteroatoms. The predicted molar refractivity (Wildman–Crippen MR) is 48.8 cm³/mol. The van der Waals surface area contributed by atoms with Gasteiger partial charge in [0.25, 0.3) is 0 Å². The van der Waals surface area contributed by atoms with Gasteiger partial charge in [-0.15, -0.1) is 0 Å². The average Bonchev–Trinajstić information content (AvgIpc) is 2.05. The third-order valence-electron chi connectivity index (χ3n) is 3.04. The van der Waals surface area contributed by atoms with E-state index in [4.69, 9.17) is 5.11 Å². The van der Waals surface area contributed by atoms with Crippen molar-refractivity contribution in [2.45, 2.75) is 45.1 Å². The molecule has 2 N–H and O–H groups in total. The molecule has 0 aromatic heterocycles. The van der Waals surface area contributed by atoms with E-state index in [0.29, 0.717) is 5.92 Å². The topological polar surface area (TPSA) is 40.5 Å². The summed E-state index contributed by atoms with van der Waals surface area (Å²) in [5, 5.41) is 18.7. The third-order valence-corrected chi connectivity index (χ3v) is 3.04. The summed E-state index contributed by atoms with van der Waals surface area (Å²) in [5.41, 5.74) is 0. The van der Waals surface area contributed by atoms with Crippen molar-refractivity contribution in [3.8, 4) is 0 Å². The fourth-order valence-electron chi connectivity index (χ4n) is 2.33. The summed E-state index contributed by atoms with van der Waals surface area (Å²) >= 11 is 0. The molecule has 0 bridgehead atoms. The van der Waals surface area contributed by atoms with Gasteiger partial charge < -0.3 is 10.2 Å². The maximum atomic E-state index is 9.61. The molecule has 0 saturated heterocycles. The van der Waals surface area contributed by atoms with E-state index < -0.39 is 0 Å². The predicted octanol–water partition coefficient (Wildman–Crippen LogP) is 1.56. The second-order valence-corrected chi connectivity index (χ2v) is 3.89. The highest BCUT2D eigenvalue weighted by Crippen LogP contribution is 2.32. The lowest BCUT2D eigenvalue weighted by atomic mass is 9.76. The summed E-state index contributed by atoms with van der Waals surface area (Å²) in [7, 11) is 0. The summed E-state index contributed by atoms with van der Waals surface area (Å²) < 4.78 is 0. The van der Waals surface area contributed by atoms with Gasteiger partial charge in [-0.25, -0.2) is 0 Å². The number of hydrogen-bond acceptors (Lipinski definition) is 2. The second-order valence-electron chi connectivity index (χ2n) is 3.89. The van der Waals surface area contributed by atoms with Crippen molar-refractivity contribution in [1.29, 1.82) is 0 Å². The maximum Gasteiger partial charge on any atom is 0.0593 e. The third kappa shape index (κ3) is 2.20. The molecule has 0 heterocycles. The van der Waals surface area contributed by atoms with Crippen molar-refractivity contribution >= 4 is 0 Å². The first kappa shape index (κ1) is 10.0. The monoisotopic (exact) mass is 172 g/mol. The van der Waals surface area contributed by atoms with Crippen LogP contribution in [-0.4, -0.2) is 22.9 Å². The summed E-state index contributed by atoms with van der Waals surface area (Å²) in [6.07, 6.45) is 5.26. The Hall–Kier alpha value is -0.0800. The summed E-state index contributed by atoms with van der Waals surface area (Å²) in [6, 6.07) is 0. The van der Waals surface area contributed by atoms with Gasteiger partial charge in [-0.3, -0.25) is 0 Å². The van der Waals surface area contributed by atoms with Gasteiger partial charge in [0.05, 0.1) is 6.10 Å². The largest absolute Gasteiger partial charge is 0.396 e. The number of aliphatic hydroxyl groups is 2. The zero-order valence-corrected chi connectivity index (χ0v) is 7.87. The highest BCUT2D eigenvalue weighted by Gasteiger charge is 2.30. The first-order chi connectivity index (χ1) is 5.79. The molecule has 0 amide bonds. The molecule has 1 aliphatic carbocycles. The van der Waals surface area contributed by atoms with E-state index in [2.05, 4.69) is 6.92 Å². The van der Waals surface area contributed by atoms with Gasteiger partial charge in [-0.1, -0.05) is 26.2 Å². The molecule has 1 fully saturated rings. The molecule has 72 valence electrons. The van der Waals surface area contributed by atoms with E-state index in [9.17, 15) is 5.11 Å².